The van der Waals surface area contributed by atoms with Crippen LogP contribution in [0.1, 0.15) is 78.1 Å². The molecule has 0 bridgehead atoms. The molecule has 0 aromatic rings. The van der Waals surface area contributed by atoms with Gasteiger partial charge in [-0.15, -0.1) is 0 Å². The van der Waals surface area contributed by atoms with Gasteiger partial charge in [-0.05, 0) is 37.1 Å². The molecule has 0 radical (unpaired) electrons. The third kappa shape index (κ3) is 5.42. The molecule has 17 heavy (non-hydrogen) atoms. The highest BCUT2D eigenvalue weighted by atomic mass is 14.6. The number of unbranched alkanes of at least 4 members (excludes halogenated alkanes) is 4. The summed E-state index contributed by atoms with van der Waals surface area (Å²) in [5.41, 5.74) is 5.93. The van der Waals surface area contributed by atoms with Gasteiger partial charge in [0.25, 0.3) is 0 Å². The zero-order valence-electron chi connectivity index (χ0n) is 12.1. The average molecular weight is 239 g/mol. The summed E-state index contributed by atoms with van der Waals surface area (Å²) >= 11 is 0. The highest BCUT2D eigenvalue weighted by Gasteiger charge is 2.28. The minimum Gasteiger partial charge on any atom is -0.330 e. The van der Waals surface area contributed by atoms with E-state index in [2.05, 4.69) is 13.8 Å². The molecule has 1 saturated carbocycles. The SMILES string of the molecule is CCCCCCCC1CC(CC)CCC1CN. The maximum Gasteiger partial charge on any atom is -0.00462 e. The van der Waals surface area contributed by atoms with Gasteiger partial charge in [0.05, 0.1) is 0 Å². The molecule has 102 valence electrons. The van der Waals surface area contributed by atoms with Gasteiger partial charge in [-0.1, -0.05) is 65.2 Å². The Kier molecular flexibility index (Phi) is 7.92. The van der Waals surface area contributed by atoms with Crippen molar-refractivity contribution in [1.82, 2.24) is 0 Å². The smallest absolute Gasteiger partial charge is 0.00462 e. The van der Waals surface area contributed by atoms with Crippen LogP contribution in [0.15, 0.2) is 0 Å². The largest absolute Gasteiger partial charge is 0.330 e. The van der Waals surface area contributed by atoms with Gasteiger partial charge in [-0.2, -0.15) is 0 Å². The van der Waals surface area contributed by atoms with E-state index in [0.29, 0.717) is 0 Å². The van der Waals surface area contributed by atoms with Crippen LogP contribution in [0, 0.1) is 17.8 Å². The number of hydrogen-bond donors (Lipinski definition) is 1. The predicted molar refractivity (Wildman–Crippen MR) is 77.0 cm³/mol. The predicted octanol–water partition coefficient (Wildman–Crippen LogP) is 4.75. The van der Waals surface area contributed by atoms with E-state index in [9.17, 15) is 0 Å². The lowest BCUT2D eigenvalue weighted by Gasteiger charge is -2.35. The molecule has 1 aliphatic rings. The quantitative estimate of drug-likeness (QED) is 0.608. The van der Waals surface area contributed by atoms with Crippen molar-refractivity contribution >= 4 is 0 Å². The molecule has 0 amide bonds. The van der Waals surface area contributed by atoms with Crippen LogP contribution in [0.4, 0.5) is 0 Å². The van der Waals surface area contributed by atoms with Crippen LogP contribution in [0.3, 0.4) is 0 Å². The van der Waals surface area contributed by atoms with Crippen LogP contribution in [-0.2, 0) is 0 Å². The van der Waals surface area contributed by atoms with Gasteiger partial charge in [-0.25, -0.2) is 0 Å². The molecular formula is C16H33N. The Morgan fingerprint density at radius 2 is 1.71 bits per heavy atom. The van der Waals surface area contributed by atoms with Crippen LogP contribution >= 0.6 is 0 Å². The zero-order chi connectivity index (χ0) is 12.5. The first-order valence-electron chi connectivity index (χ1n) is 8.01. The van der Waals surface area contributed by atoms with Crippen molar-refractivity contribution in [3.05, 3.63) is 0 Å². The van der Waals surface area contributed by atoms with Gasteiger partial charge in [0.1, 0.15) is 0 Å². The van der Waals surface area contributed by atoms with Crippen LogP contribution in [0.2, 0.25) is 0 Å². The summed E-state index contributed by atoms with van der Waals surface area (Å²) in [4.78, 5) is 0. The average Bonchev–Trinajstić information content (AvgIpc) is 2.38. The Bertz CT molecular complexity index is 178. The molecule has 0 aliphatic heterocycles. The summed E-state index contributed by atoms with van der Waals surface area (Å²) in [7, 11) is 0. The van der Waals surface area contributed by atoms with E-state index in [4.69, 9.17) is 5.73 Å². The summed E-state index contributed by atoms with van der Waals surface area (Å²) in [5, 5.41) is 0. The highest BCUT2D eigenvalue weighted by molar-refractivity contribution is 4.80. The molecule has 0 spiro atoms. The fourth-order valence-corrected chi connectivity index (χ4v) is 3.47. The van der Waals surface area contributed by atoms with Crippen molar-refractivity contribution in [2.45, 2.75) is 78.1 Å². The van der Waals surface area contributed by atoms with Gasteiger partial charge in [-0.3, -0.25) is 0 Å². The monoisotopic (exact) mass is 239 g/mol. The summed E-state index contributed by atoms with van der Waals surface area (Å²) < 4.78 is 0. The van der Waals surface area contributed by atoms with Gasteiger partial charge >= 0.3 is 0 Å². The Morgan fingerprint density at radius 1 is 0.941 bits per heavy atom. The normalized spacial score (nSPS) is 29.5. The zero-order valence-corrected chi connectivity index (χ0v) is 12.1. The topological polar surface area (TPSA) is 26.0 Å². The molecule has 3 atom stereocenters. The molecule has 0 aromatic carbocycles. The van der Waals surface area contributed by atoms with E-state index >= 15 is 0 Å². The number of hydrogen-bond acceptors (Lipinski definition) is 1. The van der Waals surface area contributed by atoms with Crippen molar-refractivity contribution in [2.24, 2.45) is 23.5 Å². The number of nitrogens with two attached hydrogens (primary N) is 1. The molecule has 0 aromatic heterocycles. The standard InChI is InChI=1S/C16H33N/c1-3-5-6-7-8-9-15-12-14(4-2)10-11-16(15)13-17/h14-16H,3-13,17H2,1-2H3. The number of rotatable bonds is 8. The maximum absolute atomic E-state index is 5.93. The molecule has 1 heteroatoms. The Labute approximate surface area is 109 Å². The second kappa shape index (κ2) is 8.97. The first kappa shape index (κ1) is 15.0. The van der Waals surface area contributed by atoms with E-state index in [0.717, 1.165) is 24.3 Å². The Hall–Kier alpha value is -0.0400. The van der Waals surface area contributed by atoms with E-state index < -0.39 is 0 Å². The lowest BCUT2D eigenvalue weighted by atomic mass is 9.71. The highest BCUT2D eigenvalue weighted by Crippen LogP contribution is 2.37. The lowest BCUT2D eigenvalue weighted by molar-refractivity contribution is 0.168. The van der Waals surface area contributed by atoms with E-state index in [1.807, 2.05) is 0 Å². The third-order valence-electron chi connectivity index (χ3n) is 4.81. The summed E-state index contributed by atoms with van der Waals surface area (Å²) in [6.07, 6.45) is 14.2. The minimum absolute atomic E-state index is 0.837. The van der Waals surface area contributed by atoms with Crippen LogP contribution in [0.25, 0.3) is 0 Å². The van der Waals surface area contributed by atoms with Gasteiger partial charge in [0.15, 0.2) is 0 Å². The molecule has 0 saturated heterocycles. The maximum atomic E-state index is 5.93. The second-order valence-electron chi connectivity index (χ2n) is 6.05. The van der Waals surface area contributed by atoms with E-state index in [1.54, 1.807) is 0 Å². The van der Waals surface area contributed by atoms with Crippen molar-refractivity contribution < 1.29 is 0 Å². The summed E-state index contributed by atoms with van der Waals surface area (Å²) in [6.45, 7) is 5.57. The van der Waals surface area contributed by atoms with Crippen molar-refractivity contribution in [3.63, 3.8) is 0 Å². The van der Waals surface area contributed by atoms with Crippen molar-refractivity contribution in [3.8, 4) is 0 Å². The molecule has 1 nitrogen and oxygen atoms in total. The molecule has 0 heterocycles. The van der Waals surface area contributed by atoms with E-state index in [1.165, 1.54) is 64.2 Å². The Balaban J connectivity index is 2.21. The summed E-state index contributed by atoms with van der Waals surface area (Å²) in [5.74, 6) is 2.78. The molecule has 1 rings (SSSR count). The molecule has 1 fully saturated rings. The first-order valence-corrected chi connectivity index (χ1v) is 8.01. The molecule has 2 N–H and O–H groups in total. The van der Waals surface area contributed by atoms with Crippen molar-refractivity contribution in [1.29, 1.82) is 0 Å². The molecule has 3 unspecified atom stereocenters. The lowest BCUT2D eigenvalue weighted by Crippen LogP contribution is -2.30. The van der Waals surface area contributed by atoms with Crippen LogP contribution in [-0.4, -0.2) is 6.54 Å². The van der Waals surface area contributed by atoms with Gasteiger partial charge in [0.2, 0.25) is 0 Å². The van der Waals surface area contributed by atoms with Crippen LogP contribution < -0.4 is 5.73 Å². The van der Waals surface area contributed by atoms with Crippen molar-refractivity contribution in [2.75, 3.05) is 6.54 Å². The summed E-state index contributed by atoms with van der Waals surface area (Å²) in [6, 6.07) is 0. The fourth-order valence-electron chi connectivity index (χ4n) is 3.47. The van der Waals surface area contributed by atoms with Crippen LogP contribution in [0.5, 0.6) is 0 Å². The van der Waals surface area contributed by atoms with Gasteiger partial charge < -0.3 is 5.73 Å². The Morgan fingerprint density at radius 3 is 2.35 bits per heavy atom. The van der Waals surface area contributed by atoms with Gasteiger partial charge in [0, 0.05) is 0 Å². The molecule has 1 aliphatic carbocycles. The minimum atomic E-state index is 0.837. The second-order valence-corrected chi connectivity index (χ2v) is 6.05. The van der Waals surface area contributed by atoms with E-state index in [-0.39, 0.29) is 0 Å². The first-order chi connectivity index (χ1) is 8.31. The molecular weight excluding hydrogens is 206 g/mol. The third-order valence-corrected chi connectivity index (χ3v) is 4.81. The fraction of sp³-hybridized carbons (Fsp3) is 1.00.